The van der Waals surface area contributed by atoms with Crippen LogP contribution < -0.4 is 5.32 Å². The van der Waals surface area contributed by atoms with Crippen molar-refractivity contribution in [2.45, 2.75) is 13.3 Å². The van der Waals surface area contributed by atoms with E-state index in [4.69, 9.17) is 9.15 Å². The van der Waals surface area contributed by atoms with Crippen LogP contribution in [0, 0.1) is 0 Å². The second-order valence-electron chi connectivity index (χ2n) is 4.58. The third-order valence-corrected chi connectivity index (χ3v) is 3.72. The minimum absolute atomic E-state index is 0.0781. The van der Waals surface area contributed by atoms with E-state index in [2.05, 4.69) is 15.3 Å². The van der Waals surface area contributed by atoms with E-state index in [0.717, 1.165) is 0 Å². The number of rotatable bonds is 5. The summed E-state index contributed by atoms with van der Waals surface area (Å²) in [4.78, 5) is 31.8. The summed E-state index contributed by atoms with van der Waals surface area (Å²) >= 11 is 1.23. The second-order valence-corrected chi connectivity index (χ2v) is 5.44. The van der Waals surface area contributed by atoms with Crippen LogP contribution in [0.4, 0.5) is 5.13 Å². The van der Waals surface area contributed by atoms with E-state index in [1.165, 1.54) is 11.3 Å². The van der Waals surface area contributed by atoms with Crippen LogP contribution in [-0.2, 0) is 16.0 Å². The molecule has 0 radical (unpaired) electrons. The van der Waals surface area contributed by atoms with Gasteiger partial charge in [-0.3, -0.25) is 19.9 Å². The molecule has 0 aliphatic rings. The van der Waals surface area contributed by atoms with Crippen LogP contribution in [0.5, 0.6) is 0 Å². The van der Waals surface area contributed by atoms with Crippen molar-refractivity contribution in [1.29, 1.82) is 0 Å². The summed E-state index contributed by atoms with van der Waals surface area (Å²) in [6, 6.07) is 5.04. The monoisotopic (exact) mass is 331 g/mol. The highest BCUT2D eigenvalue weighted by molar-refractivity contribution is 7.14. The van der Waals surface area contributed by atoms with E-state index < -0.39 is 5.91 Å². The van der Waals surface area contributed by atoms with Gasteiger partial charge in [0.25, 0.3) is 5.91 Å². The van der Waals surface area contributed by atoms with Gasteiger partial charge in [-0.15, -0.1) is 11.3 Å². The van der Waals surface area contributed by atoms with E-state index in [0.29, 0.717) is 28.5 Å². The van der Waals surface area contributed by atoms with Gasteiger partial charge >= 0.3 is 5.97 Å². The number of hydrogen-bond donors (Lipinski definition) is 1. The Morgan fingerprint density at radius 1 is 1.43 bits per heavy atom. The molecule has 0 aliphatic carbocycles. The van der Waals surface area contributed by atoms with Gasteiger partial charge in [0.05, 0.1) is 18.7 Å². The number of nitrogens with zero attached hydrogens (tertiary/aromatic N) is 2. The quantitative estimate of drug-likeness (QED) is 0.722. The molecule has 0 fully saturated rings. The van der Waals surface area contributed by atoms with Crippen molar-refractivity contribution in [3.8, 4) is 0 Å². The number of ether oxygens (including phenoxy) is 1. The van der Waals surface area contributed by atoms with Crippen molar-refractivity contribution >= 4 is 39.4 Å². The van der Waals surface area contributed by atoms with Gasteiger partial charge < -0.3 is 9.15 Å². The van der Waals surface area contributed by atoms with Crippen LogP contribution in [0.3, 0.4) is 0 Å². The minimum atomic E-state index is -0.417. The molecule has 3 rings (SSSR count). The van der Waals surface area contributed by atoms with Crippen LogP contribution in [0.25, 0.3) is 11.1 Å². The molecule has 1 N–H and O–H groups in total. The van der Waals surface area contributed by atoms with Gasteiger partial charge in [-0.2, -0.15) is 0 Å². The minimum Gasteiger partial charge on any atom is -0.466 e. The molecular formula is C15H13N3O4S. The molecule has 8 heteroatoms. The molecule has 0 unspecified atom stereocenters. The lowest BCUT2D eigenvalue weighted by Gasteiger charge is -1.99. The maximum absolute atomic E-state index is 12.2. The van der Waals surface area contributed by atoms with Crippen LogP contribution in [0.15, 0.2) is 34.2 Å². The Kier molecular flexibility index (Phi) is 4.33. The highest BCUT2D eigenvalue weighted by Crippen LogP contribution is 2.20. The van der Waals surface area contributed by atoms with E-state index >= 15 is 0 Å². The number of pyridine rings is 1. The maximum Gasteiger partial charge on any atom is 0.311 e. The van der Waals surface area contributed by atoms with Crippen molar-refractivity contribution in [2.75, 3.05) is 11.9 Å². The average Bonchev–Trinajstić information content (AvgIpc) is 3.14. The third-order valence-electron chi connectivity index (χ3n) is 2.91. The van der Waals surface area contributed by atoms with Gasteiger partial charge in [0.15, 0.2) is 16.5 Å². The number of furan rings is 1. The lowest BCUT2D eigenvalue weighted by Crippen LogP contribution is -2.11. The van der Waals surface area contributed by atoms with Crippen molar-refractivity contribution in [1.82, 2.24) is 9.97 Å². The normalized spacial score (nSPS) is 10.7. The molecule has 0 spiro atoms. The van der Waals surface area contributed by atoms with Crippen LogP contribution >= 0.6 is 11.3 Å². The summed E-state index contributed by atoms with van der Waals surface area (Å²) in [7, 11) is 0. The molecular weight excluding hydrogens is 318 g/mol. The predicted molar refractivity (Wildman–Crippen MR) is 84.4 cm³/mol. The Morgan fingerprint density at radius 3 is 3.09 bits per heavy atom. The molecule has 0 aromatic carbocycles. The van der Waals surface area contributed by atoms with Crippen molar-refractivity contribution < 1.29 is 18.7 Å². The topological polar surface area (TPSA) is 94.3 Å². The Morgan fingerprint density at radius 2 is 2.30 bits per heavy atom. The summed E-state index contributed by atoms with van der Waals surface area (Å²) in [5.41, 5.74) is 1.70. The zero-order valence-corrected chi connectivity index (χ0v) is 13.1. The van der Waals surface area contributed by atoms with Gasteiger partial charge in [0.1, 0.15) is 5.52 Å². The number of amides is 1. The largest absolute Gasteiger partial charge is 0.466 e. The van der Waals surface area contributed by atoms with E-state index in [1.54, 1.807) is 36.7 Å². The molecule has 0 saturated heterocycles. The molecule has 0 atom stereocenters. The van der Waals surface area contributed by atoms with E-state index in [1.807, 2.05) is 0 Å². The zero-order chi connectivity index (χ0) is 16.2. The fourth-order valence-electron chi connectivity index (χ4n) is 1.95. The van der Waals surface area contributed by atoms with Gasteiger partial charge in [0.2, 0.25) is 0 Å². The van der Waals surface area contributed by atoms with Crippen LogP contribution in [-0.4, -0.2) is 28.5 Å². The number of fused-ring (bicyclic) bond motifs is 1. The fourth-order valence-corrected chi connectivity index (χ4v) is 2.65. The summed E-state index contributed by atoms with van der Waals surface area (Å²) in [6.07, 6.45) is 1.71. The number of carbonyl (C=O) groups is 2. The molecule has 0 saturated carbocycles. The average molecular weight is 331 g/mol. The van der Waals surface area contributed by atoms with Crippen LogP contribution in [0.1, 0.15) is 23.2 Å². The zero-order valence-electron chi connectivity index (χ0n) is 12.2. The number of carbonyl (C=O) groups excluding carboxylic acids is 2. The first-order chi connectivity index (χ1) is 11.2. The van der Waals surface area contributed by atoms with E-state index in [-0.39, 0.29) is 18.2 Å². The van der Waals surface area contributed by atoms with Crippen molar-refractivity contribution in [3.63, 3.8) is 0 Å². The summed E-state index contributed by atoms with van der Waals surface area (Å²) in [6.45, 7) is 2.07. The number of aromatic nitrogens is 2. The number of hydrogen-bond acceptors (Lipinski definition) is 7. The first-order valence-corrected chi connectivity index (χ1v) is 7.79. The molecule has 3 aromatic rings. The third kappa shape index (κ3) is 3.54. The molecule has 118 valence electrons. The second kappa shape index (κ2) is 6.57. The SMILES string of the molecule is CCOC(=O)Cc1csc(NC(=O)c2cc3ncccc3o2)n1. The molecule has 3 aromatic heterocycles. The molecule has 0 aliphatic heterocycles. The number of nitrogens with one attached hydrogen (secondary N) is 1. The maximum atomic E-state index is 12.2. The molecule has 0 bridgehead atoms. The van der Waals surface area contributed by atoms with Crippen LogP contribution in [0.2, 0.25) is 0 Å². The van der Waals surface area contributed by atoms with Gasteiger partial charge in [-0.1, -0.05) is 0 Å². The Bertz CT molecular complexity index is 822. The number of esters is 1. The van der Waals surface area contributed by atoms with Gasteiger partial charge in [-0.05, 0) is 19.1 Å². The van der Waals surface area contributed by atoms with Gasteiger partial charge in [-0.25, -0.2) is 4.98 Å². The van der Waals surface area contributed by atoms with Crippen molar-refractivity contribution in [3.05, 3.63) is 41.2 Å². The fraction of sp³-hybridized carbons (Fsp3) is 0.200. The molecule has 23 heavy (non-hydrogen) atoms. The predicted octanol–water partition coefficient (Wildman–Crippen LogP) is 2.64. The first kappa shape index (κ1) is 15.2. The number of thiazole rings is 1. The highest BCUT2D eigenvalue weighted by atomic mass is 32.1. The Labute approximate surface area is 135 Å². The highest BCUT2D eigenvalue weighted by Gasteiger charge is 2.15. The Balaban J connectivity index is 1.68. The Hall–Kier alpha value is -2.74. The van der Waals surface area contributed by atoms with E-state index in [9.17, 15) is 9.59 Å². The number of anilines is 1. The molecule has 7 nitrogen and oxygen atoms in total. The standard InChI is InChI=1S/C15H13N3O4S/c1-2-21-13(19)6-9-8-23-15(17-9)18-14(20)12-7-10-11(22-12)4-3-5-16-10/h3-5,7-8H,2,6H2,1H3,(H,17,18,20). The summed E-state index contributed by atoms with van der Waals surface area (Å²) in [5, 5.41) is 4.73. The summed E-state index contributed by atoms with van der Waals surface area (Å²) in [5.74, 6) is -0.611. The van der Waals surface area contributed by atoms with Gasteiger partial charge in [0, 0.05) is 17.6 Å². The lowest BCUT2D eigenvalue weighted by molar-refractivity contribution is -0.142. The first-order valence-electron chi connectivity index (χ1n) is 6.91. The molecule has 1 amide bonds. The molecule has 3 heterocycles. The van der Waals surface area contributed by atoms with Crippen molar-refractivity contribution in [2.24, 2.45) is 0 Å². The lowest BCUT2D eigenvalue weighted by atomic mass is 10.3. The summed E-state index contributed by atoms with van der Waals surface area (Å²) < 4.78 is 10.3. The smallest absolute Gasteiger partial charge is 0.311 e.